The van der Waals surface area contributed by atoms with Gasteiger partial charge in [0.1, 0.15) is 5.60 Å². The normalized spacial score (nSPS) is 23.0. The van der Waals surface area contributed by atoms with E-state index in [-0.39, 0.29) is 24.7 Å². The lowest BCUT2D eigenvalue weighted by atomic mass is 10.0. The number of nitrogens with zero attached hydrogens (tertiary/aromatic N) is 2. The van der Waals surface area contributed by atoms with Crippen LogP contribution in [0.2, 0.25) is 0 Å². The lowest BCUT2D eigenvalue weighted by Crippen LogP contribution is -2.37. The molecule has 7 nitrogen and oxygen atoms in total. The molecule has 1 saturated heterocycles. The van der Waals surface area contributed by atoms with Crippen LogP contribution in [0.3, 0.4) is 0 Å². The standard InChI is InChI=1S/C10H12BrN3O4/c11-7-3-8(14(16)17)9(12-4-7)13-5-10(15)1-2-18-6-10/h3-4,15H,1-2,5-6H2,(H,12,13). The van der Waals surface area contributed by atoms with E-state index in [9.17, 15) is 15.2 Å². The van der Waals surface area contributed by atoms with Gasteiger partial charge in [-0.25, -0.2) is 4.98 Å². The van der Waals surface area contributed by atoms with Gasteiger partial charge in [0, 0.05) is 36.3 Å². The Morgan fingerprint density at radius 3 is 3.11 bits per heavy atom. The first-order chi connectivity index (χ1) is 8.50. The molecule has 1 aliphatic rings. The molecule has 2 rings (SSSR count). The fourth-order valence-corrected chi connectivity index (χ4v) is 2.01. The Labute approximate surface area is 111 Å². The number of nitrogens with one attached hydrogen (secondary N) is 1. The molecule has 0 bridgehead atoms. The average molecular weight is 318 g/mol. The summed E-state index contributed by atoms with van der Waals surface area (Å²) in [6, 6.07) is 1.37. The molecule has 0 spiro atoms. The number of ether oxygens (including phenoxy) is 1. The minimum Gasteiger partial charge on any atom is -0.386 e. The van der Waals surface area contributed by atoms with Crippen LogP contribution in [0.15, 0.2) is 16.7 Å². The van der Waals surface area contributed by atoms with E-state index in [0.29, 0.717) is 17.5 Å². The third-order valence-electron chi connectivity index (χ3n) is 2.70. The van der Waals surface area contributed by atoms with Gasteiger partial charge in [-0.05, 0) is 15.9 Å². The summed E-state index contributed by atoms with van der Waals surface area (Å²) in [5, 5.41) is 23.7. The number of rotatable bonds is 4. The third kappa shape index (κ3) is 2.95. The molecule has 1 aliphatic heterocycles. The number of hydrogen-bond acceptors (Lipinski definition) is 6. The van der Waals surface area contributed by atoms with E-state index in [1.165, 1.54) is 12.3 Å². The molecular weight excluding hydrogens is 306 g/mol. The maximum atomic E-state index is 10.9. The molecule has 18 heavy (non-hydrogen) atoms. The van der Waals surface area contributed by atoms with Gasteiger partial charge in [-0.2, -0.15) is 0 Å². The predicted molar refractivity (Wildman–Crippen MR) is 67.5 cm³/mol. The Bertz CT molecular complexity index is 462. The number of aliphatic hydroxyl groups is 1. The molecule has 0 saturated carbocycles. The summed E-state index contributed by atoms with van der Waals surface area (Å²) in [6.07, 6.45) is 1.97. The van der Waals surface area contributed by atoms with E-state index in [4.69, 9.17) is 4.74 Å². The maximum Gasteiger partial charge on any atom is 0.312 e. The fraction of sp³-hybridized carbons (Fsp3) is 0.500. The van der Waals surface area contributed by atoms with Crippen LogP contribution in [-0.2, 0) is 4.74 Å². The quantitative estimate of drug-likeness (QED) is 0.642. The van der Waals surface area contributed by atoms with Crippen LogP contribution in [-0.4, -0.2) is 40.4 Å². The minimum absolute atomic E-state index is 0.133. The SMILES string of the molecule is O=[N+]([O-])c1cc(Br)cnc1NCC1(O)CCOC1. The van der Waals surface area contributed by atoms with Crippen molar-refractivity contribution < 1.29 is 14.8 Å². The Kier molecular flexibility index (Phi) is 3.79. The highest BCUT2D eigenvalue weighted by atomic mass is 79.9. The molecule has 8 heteroatoms. The Balaban J connectivity index is 2.11. The topological polar surface area (TPSA) is 97.5 Å². The largest absolute Gasteiger partial charge is 0.386 e. The van der Waals surface area contributed by atoms with Crippen LogP contribution in [0.25, 0.3) is 0 Å². The van der Waals surface area contributed by atoms with E-state index in [0.717, 1.165) is 0 Å². The van der Waals surface area contributed by atoms with Crippen molar-refractivity contribution in [2.45, 2.75) is 12.0 Å². The second-order valence-electron chi connectivity index (χ2n) is 4.16. The van der Waals surface area contributed by atoms with Crippen molar-refractivity contribution >= 4 is 27.4 Å². The van der Waals surface area contributed by atoms with Gasteiger partial charge in [-0.1, -0.05) is 0 Å². The minimum atomic E-state index is -0.984. The van der Waals surface area contributed by atoms with Crippen molar-refractivity contribution in [2.24, 2.45) is 0 Å². The molecule has 0 radical (unpaired) electrons. The number of aromatic nitrogens is 1. The zero-order chi connectivity index (χ0) is 13.2. The first kappa shape index (κ1) is 13.2. The summed E-state index contributed by atoms with van der Waals surface area (Å²) in [4.78, 5) is 14.3. The molecule has 2 N–H and O–H groups in total. The van der Waals surface area contributed by atoms with E-state index in [1.807, 2.05) is 0 Å². The summed E-state index contributed by atoms with van der Waals surface area (Å²) in [6.45, 7) is 0.890. The van der Waals surface area contributed by atoms with Gasteiger partial charge in [0.15, 0.2) is 0 Å². The van der Waals surface area contributed by atoms with Crippen LogP contribution < -0.4 is 5.32 Å². The average Bonchev–Trinajstić information content (AvgIpc) is 2.75. The van der Waals surface area contributed by atoms with Crippen LogP contribution in [0.5, 0.6) is 0 Å². The van der Waals surface area contributed by atoms with Crippen molar-refractivity contribution in [2.75, 3.05) is 25.1 Å². The maximum absolute atomic E-state index is 10.9. The Hall–Kier alpha value is -1.25. The number of halogens is 1. The molecule has 0 aliphatic carbocycles. The van der Waals surface area contributed by atoms with Gasteiger partial charge < -0.3 is 15.2 Å². The molecule has 1 aromatic heterocycles. The summed E-state index contributed by atoms with van der Waals surface area (Å²) >= 11 is 3.13. The van der Waals surface area contributed by atoms with Crippen molar-refractivity contribution in [3.8, 4) is 0 Å². The van der Waals surface area contributed by atoms with Gasteiger partial charge in [0.2, 0.25) is 5.82 Å². The molecule has 0 amide bonds. The molecule has 98 valence electrons. The fourth-order valence-electron chi connectivity index (χ4n) is 1.69. The molecular formula is C10H12BrN3O4. The van der Waals surface area contributed by atoms with Crippen LogP contribution in [0, 0.1) is 10.1 Å². The van der Waals surface area contributed by atoms with Gasteiger partial charge >= 0.3 is 5.69 Å². The molecule has 0 aromatic carbocycles. The molecule has 1 aromatic rings. The highest BCUT2D eigenvalue weighted by Gasteiger charge is 2.32. The molecule has 1 atom stereocenters. The lowest BCUT2D eigenvalue weighted by Gasteiger charge is -2.20. The van der Waals surface area contributed by atoms with Crippen LogP contribution in [0.4, 0.5) is 11.5 Å². The van der Waals surface area contributed by atoms with Gasteiger partial charge in [-0.15, -0.1) is 0 Å². The first-order valence-electron chi connectivity index (χ1n) is 5.34. The Morgan fingerprint density at radius 2 is 2.50 bits per heavy atom. The van der Waals surface area contributed by atoms with Crippen LogP contribution in [0.1, 0.15) is 6.42 Å². The van der Waals surface area contributed by atoms with Crippen molar-refractivity contribution in [3.05, 3.63) is 26.9 Å². The number of nitro groups is 1. The van der Waals surface area contributed by atoms with Crippen molar-refractivity contribution in [1.29, 1.82) is 0 Å². The zero-order valence-corrected chi connectivity index (χ0v) is 11.0. The van der Waals surface area contributed by atoms with E-state index >= 15 is 0 Å². The molecule has 2 heterocycles. The van der Waals surface area contributed by atoms with E-state index < -0.39 is 10.5 Å². The summed E-state index contributed by atoms with van der Waals surface area (Å²) in [7, 11) is 0. The highest BCUT2D eigenvalue weighted by Crippen LogP contribution is 2.26. The Morgan fingerprint density at radius 1 is 1.72 bits per heavy atom. The number of pyridine rings is 1. The molecule has 1 fully saturated rings. The smallest absolute Gasteiger partial charge is 0.312 e. The summed E-state index contributed by atoms with van der Waals surface area (Å²) < 4.78 is 5.62. The first-order valence-corrected chi connectivity index (χ1v) is 6.13. The number of hydrogen-bond donors (Lipinski definition) is 2. The second kappa shape index (κ2) is 5.17. The third-order valence-corrected chi connectivity index (χ3v) is 3.13. The lowest BCUT2D eigenvalue weighted by molar-refractivity contribution is -0.384. The zero-order valence-electron chi connectivity index (χ0n) is 9.43. The van der Waals surface area contributed by atoms with Gasteiger partial charge in [0.25, 0.3) is 0 Å². The second-order valence-corrected chi connectivity index (χ2v) is 5.07. The monoisotopic (exact) mass is 317 g/mol. The predicted octanol–water partition coefficient (Wildman–Crippen LogP) is 1.32. The van der Waals surface area contributed by atoms with E-state index in [2.05, 4.69) is 26.2 Å². The van der Waals surface area contributed by atoms with Crippen molar-refractivity contribution in [1.82, 2.24) is 4.98 Å². The molecule has 1 unspecified atom stereocenters. The summed E-state index contributed by atoms with van der Waals surface area (Å²) in [5.41, 5.74) is -1.12. The summed E-state index contributed by atoms with van der Waals surface area (Å²) in [5.74, 6) is 0.142. The highest BCUT2D eigenvalue weighted by molar-refractivity contribution is 9.10. The van der Waals surface area contributed by atoms with E-state index in [1.54, 1.807) is 0 Å². The van der Waals surface area contributed by atoms with Crippen LogP contribution >= 0.6 is 15.9 Å². The van der Waals surface area contributed by atoms with Gasteiger partial charge in [0.05, 0.1) is 11.5 Å². The van der Waals surface area contributed by atoms with Gasteiger partial charge in [-0.3, -0.25) is 10.1 Å². The number of anilines is 1. The van der Waals surface area contributed by atoms with Crippen molar-refractivity contribution in [3.63, 3.8) is 0 Å².